The van der Waals surface area contributed by atoms with Gasteiger partial charge >= 0.3 is 0 Å². The largest absolute Gasteiger partial charge is 0.373 e. The average molecular weight is 444 g/mol. The fourth-order valence-electron chi connectivity index (χ4n) is 4.17. The molecule has 1 aromatic carbocycles. The summed E-state index contributed by atoms with van der Waals surface area (Å²) in [6.45, 7) is 2.54. The fourth-order valence-corrected chi connectivity index (χ4v) is 4.17. The molecule has 1 fully saturated rings. The van der Waals surface area contributed by atoms with Gasteiger partial charge in [-0.05, 0) is 37.5 Å². The standard InChI is InChI=1S/C25H29N7O/c1-16-9-11-28-32(16)12-10-24(33)29-21(13-18-15-27-20-6-4-3-5-19(18)20)22-14-23(26-2)31-25(30-22)17-7-8-17/h3-6,9,11,14-15,17,21,27H,7-8,10,12-13H2,1-2H3,(H,29,33)(H,26,30,31). The molecule has 1 unspecified atom stereocenters. The monoisotopic (exact) mass is 443 g/mol. The molecule has 3 aromatic heterocycles. The number of nitrogens with one attached hydrogen (secondary N) is 3. The lowest BCUT2D eigenvalue weighted by atomic mass is 10.0. The Hall–Kier alpha value is -3.68. The van der Waals surface area contributed by atoms with Crippen LogP contribution in [0.25, 0.3) is 10.9 Å². The van der Waals surface area contributed by atoms with E-state index in [4.69, 9.17) is 4.98 Å². The smallest absolute Gasteiger partial charge is 0.222 e. The number of benzene rings is 1. The Morgan fingerprint density at radius 3 is 2.85 bits per heavy atom. The molecule has 8 nitrogen and oxygen atoms in total. The fraction of sp³-hybridized carbons (Fsp3) is 0.360. The minimum absolute atomic E-state index is 0.0210. The molecule has 1 aliphatic carbocycles. The van der Waals surface area contributed by atoms with Gasteiger partial charge in [-0.2, -0.15) is 5.10 Å². The van der Waals surface area contributed by atoms with Crippen molar-refractivity contribution in [2.45, 2.75) is 51.1 Å². The number of amides is 1. The number of aromatic amines is 1. The number of para-hydroxylation sites is 1. The number of nitrogens with zero attached hydrogens (tertiary/aromatic N) is 4. The van der Waals surface area contributed by atoms with E-state index in [1.807, 2.05) is 49.1 Å². The van der Waals surface area contributed by atoms with Crippen molar-refractivity contribution in [3.63, 3.8) is 0 Å². The zero-order chi connectivity index (χ0) is 22.8. The minimum Gasteiger partial charge on any atom is -0.373 e. The van der Waals surface area contributed by atoms with E-state index in [2.05, 4.69) is 37.8 Å². The maximum Gasteiger partial charge on any atom is 0.222 e. The highest BCUT2D eigenvalue weighted by molar-refractivity contribution is 5.83. The van der Waals surface area contributed by atoms with Gasteiger partial charge in [-0.15, -0.1) is 0 Å². The van der Waals surface area contributed by atoms with Crippen LogP contribution < -0.4 is 10.6 Å². The summed E-state index contributed by atoms with van der Waals surface area (Å²) in [4.78, 5) is 25.9. The summed E-state index contributed by atoms with van der Waals surface area (Å²) in [5.41, 5.74) is 4.12. The van der Waals surface area contributed by atoms with Crippen LogP contribution >= 0.6 is 0 Å². The number of carbonyl (C=O) groups is 1. The summed E-state index contributed by atoms with van der Waals surface area (Å²) in [6.07, 6.45) is 7.02. The minimum atomic E-state index is -0.261. The highest BCUT2D eigenvalue weighted by Gasteiger charge is 2.29. The Morgan fingerprint density at radius 1 is 1.24 bits per heavy atom. The van der Waals surface area contributed by atoms with Crippen LogP contribution in [0.1, 0.15) is 54.0 Å². The van der Waals surface area contributed by atoms with Crippen molar-refractivity contribution in [3.8, 4) is 0 Å². The second kappa shape index (κ2) is 9.05. The molecule has 8 heteroatoms. The normalized spacial score (nSPS) is 14.4. The van der Waals surface area contributed by atoms with Gasteiger partial charge in [-0.1, -0.05) is 18.2 Å². The molecule has 3 N–H and O–H groups in total. The number of hydrogen-bond donors (Lipinski definition) is 3. The molecule has 3 heterocycles. The molecule has 0 aliphatic heterocycles. The highest BCUT2D eigenvalue weighted by Crippen LogP contribution is 2.39. The van der Waals surface area contributed by atoms with Crippen LogP contribution in [0.2, 0.25) is 0 Å². The van der Waals surface area contributed by atoms with Gasteiger partial charge in [0.25, 0.3) is 0 Å². The maximum atomic E-state index is 13.0. The summed E-state index contributed by atoms with van der Waals surface area (Å²) in [5, 5.41) is 11.8. The molecule has 1 saturated carbocycles. The SMILES string of the molecule is CNc1cc(C(Cc2c[nH]c3ccccc23)NC(=O)CCn2nccc2C)nc(C2CC2)n1. The van der Waals surface area contributed by atoms with Crippen molar-refractivity contribution >= 4 is 22.6 Å². The molecular weight excluding hydrogens is 414 g/mol. The van der Waals surface area contributed by atoms with Gasteiger partial charge in [-0.25, -0.2) is 9.97 Å². The van der Waals surface area contributed by atoms with Gasteiger partial charge in [0.2, 0.25) is 5.91 Å². The molecule has 1 atom stereocenters. The molecule has 0 spiro atoms. The van der Waals surface area contributed by atoms with E-state index in [1.54, 1.807) is 6.20 Å². The van der Waals surface area contributed by atoms with Crippen molar-refractivity contribution in [1.29, 1.82) is 0 Å². The number of aromatic nitrogens is 5. The van der Waals surface area contributed by atoms with E-state index in [0.717, 1.165) is 52.3 Å². The van der Waals surface area contributed by atoms with Gasteiger partial charge in [0, 0.05) is 67.4 Å². The Balaban J connectivity index is 1.42. The van der Waals surface area contributed by atoms with Gasteiger partial charge < -0.3 is 15.6 Å². The van der Waals surface area contributed by atoms with Crippen LogP contribution in [0.4, 0.5) is 5.82 Å². The van der Waals surface area contributed by atoms with E-state index in [1.165, 1.54) is 0 Å². The average Bonchev–Trinajstić information content (AvgIpc) is 3.50. The van der Waals surface area contributed by atoms with Crippen molar-refractivity contribution in [1.82, 2.24) is 30.0 Å². The Kier molecular flexibility index (Phi) is 5.81. The zero-order valence-corrected chi connectivity index (χ0v) is 19.0. The third kappa shape index (κ3) is 4.74. The summed E-state index contributed by atoms with van der Waals surface area (Å²) < 4.78 is 1.85. The molecule has 1 aliphatic rings. The third-order valence-corrected chi connectivity index (χ3v) is 6.23. The second-order valence-electron chi connectivity index (χ2n) is 8.69. The second-order valence-corrected chi connectivity index (χ2v) is 8.69. The van der Waals surface area contributed by atoms with Gasteiger partial charge in [0.05, 0.1) is 11.7 Å². The van der Waals surface area contributed by atoms with E-state index < -0.39 is 0 Å². The Morgan fingerprint density at radius 2 is 2.09 bits per heavy atom. The van der Waals surface area contributed by atoms with Gasteiger partial charge in [-0.3, -0.25) is 9.48 Å². The first-order chi connectivity index (χ1) is 16.1. The first-order valence-electron chi connectivity index (χ1n) is 11.5. The number of carbonyl (C=O) groups excluding carboxylic acids is 1. The first kappa shape index (κ1) is 21.2. The lowest BCUT2D eigenvalue weighted by Crippen LogP contribution is -2.31. The summed E-state index contributed by atoms with van der Waals surface area (Å²) in [6, 6.07) is 11.9. The Bertz CT molecular complexity index is 1270. The van der Waals surface area contributed by atoms with Crippen molar-refractivity contribution in [2.24, 2.45) is 0 Å². The number of rotatable bonds is 9. The lowest BCUT2D eigenvalue weighted by Gasteiger charge is -2.20. The van der Waals surface area contributed by atoms with E-state index in [9.17, 15) is 4.79 Å². The molecule has 0 radical (unpaired) electrons. The molecule has 4 aromatic rings. The predicted molar refractivity (Wildman–Crippen MR) is 128 cm³/mol. The van der Waals surface area contributed by atoms with Crippen molar-refractivity contribution in [2.75, 3.05) is 12.4 Å². The van der Waals surface area contributed by atoms with Crippen LogP contribution in [0.15, 0.2) is 48.8 Å². The number of hydrogen-bond acceptors (Lipinski definition) is 5. The topological polar surface area (TPSA) is 101 Å². The van der Waals surface area contributed by atoms with Crippen LogP contribution in [-0.4, -0.2) is 37.7 Å². The lowest BCUT2D eigenvalue weighted by molar-refractivity contribution is -0.122. The zero-order valence-electron chi connectivity index (χ0n) is 19.0. The summed E-state index contributed by atoms with van der Waals surface area (Å²) in [5.74, 6) is 2.05. The van der Waals surface area contributed by atoms with Crippen LogP contribution in [-0.2, 0) is 17.8 Å². The first-order valence-corrected chi connectivity index (χ1v) is 11.5. The molecule has 170 valence electrons. The van der Waals surface area contributed by atoms with Crippen molar-refractivity contribution < 1.29 is 4.79 Å². The molecule has 0 saturated heterocycles. The van der Waals surface area contributed by atoms with E-state index in [-0.39, 0.29) is 11.9 Å². The quantitative estimate of drug-likeness (QED) is 0.365. The Labute approximate surface area is 192 Å². The highest BCUT2D eigenvalue weighted by atomic mass is 16.1. The number of aryl methyl sites for hydroxylation is 2. The molecule has 33 heavy (non-hydrogen) atoms. The molecule has 0 bridgehead atoms. The predicted octanol–water partition coefficient (Wildman–Crippen LogP) is 3.87. The van der Waals surface area contributed by atoms with Crippen LogP contribution in [0, 0.1) is 6.92 Å². The van der Waals surface area contributed by atoms with E-state index >= 15 is 0 Å². The van der Waals surface area contributed by atoms with Gasteiger partial charge in [0.15, 0.2) is 0 Å². The third-order valence-electron chi connectivity index (χ3n) is 6.23. The molecule has 1 amide bonds. The number of anilines is 1. The van der Waals surface area contributed by atoms with Crippen LogP contribution in [0.3, 0.4) is 0 Å². The number of fused-ring (bicyclic) bond motifs is 1. The summed E-state index contributed by atoms with van der Waals surface area (Å²) in [7, 11) is 1.86. The summed E-state index contributed by atoms with van der Waals surface area (Å²) >= 11 is 0. The molecule has 5 rings (SSSR count). The number of H-pyrrole nitrogens is 1. The van der Waals surface area contributed by atoms with Crippen LogP contribution in [0.5, 0.6) is 0 Å². The van der Waals surface area contributed by atoms with E-state index in [0.29, 0.717) is 25.3 Å². The van der Waals surface area contributed by atoms with Gasteiger partial charge in [0.1, 0.15) is 11.6 Å². The molecular formula is C25H29N7O. The van der Waals surface area contributed by atoms with Crippen molar-refractivity contribution in [3.05, 3.63) is 71.6 Å². The maximum absolute atomic E-state index is 13.0.